The number of nitrogens with one attached hydrogen (secondary N) is 1. The van der Waals surface area contributed by atoms with Gasteiger partial charge in [-0.05, 0) is 0 Å². The highest BCUT2D eigenvalue weighted by Gasteiger charge is 2.25. The molecule has 0 bridgehead atoms. The maximum atomic E-state index is 11.4. The predicted octanol–water partition coefficient (Wildman–Crippen LogP) is -0.573. The number of nitrogens with zero attached hydrogens (tertiary/aromatic N) is 1. The summed E-state index contributed by atoms with van der Waals surface area (Å²) < 4.78 is 10.3. The molecule has 0 aromatic heterocycles. The predicted molar refractivity (Wildman–Crippen MR) is 45.5 cm³/mol. The number of ether oxygens (including phenoxy) is 2. The van der Waals surface area contributed by atoms with Crippen molar-refractivity contribution in [3.63, 3.8) is 0 Å². The van der Waals surface area contributed by atoms with Crippen LogP contribution in [0.15, 0.2) is 0 Å². The molecular weight excluding hydrogens is 172 g/mol. The number of carbonyl (C=O) groups is 1. The van der Waals surface area contributed by atoms with Crippen molar-refractivity contribution in [3.05, 3.63) is 0 Å². The van der Waals surface area contributed by atoms with Crippen molar-refractivity contribution >= 4 is 6.09 Å². The fraction of sp³-hybridized carbons (Fsp3) is 0.875. The summed E-state index contributed by atoms with van der Waals surface area (Å²) >= 11 is 0. The minimum Gasteiger partial charge on any atom is -0.443 e. The number of carbonyl (C=O) groups excluding carboxylic acids is 1. The molecule has 1 N–H and O–H groups in total. The third-order valence-electron chi connectivity index (χ3n) is 2.28. The van der Waals surface area contributed by atoms with E-state index >= 15 is 0 Å². The molecule has 0 unspecified atom stereocenters. The van der Waals surface area contributed by atoms with E-state index in [1.54, 1.807) is 4.90 Å². The topological polar surface area (TPSA) is 50.8 Å². The van der Waals surface area contributed by atoms with Crippen LogP contribution in [-0.2, 0) is 9.47 Å². The van der Waals surface area contributed by atoms with Gasteiger partial charge in [-0.1, -0.05) is 0 Å². The largest absolute Gasteiger partial charge is 0.443 e. The van der Waals surface area contributed by atoms with E-state index in [1.165, 1.54) is 0 Å². The summed E-state index contributed by atoms with van der Waals surface area (Å²) in [5, 5.41) is 3.05. The monoisotopic (exact) mass is 186 g/mol. The molecule has 5 nitrogen and oxygen atoms in total. The van der Waals surface area contributed by atoms with Gasteiger partial charge in [0.25, 0.3) is 0 Å². The van der Waals surface area contributed by atoms with Gasteiger partial charge in [0.2, 0.25) is 0 Å². The van der Waals surface area contributed by atoms with Crippen LogP contribution in [0.25, 0.3) is 0 Å². The number of morpholine rings is 1. The highest BCUT2D eigenvalue weighted by molar-refractivity contribution is 5.68. The van der Waals surface area contributed by atoms with Gasteiger partial charge in [-0.2, -0.15) is 0 Å². The molecule has 0 aromatic rings. The second-order valence-electron chi connectivity index (χ2n) is 3.26. The Hall–Kier alpha value is -0.810. The van der Waals surface area contributed by atoms with Gasteiger partial charge in [-0.3, -0.25) is 0 Å². The molecule has 1 amide bonds. The van der Waals surface area contributed by atoms with Crippen molar-refractivity contribution in [1.82, 2.24) is 10.2 Å². The second kappa shape index (κ2) is 3.93. The fourth-order valence-corrected chi connectivity index (χ4v) is 1.31. The second-order valence-corrected chi connectivity index (χ2v) is 3.26. The zero-order chi connectivity index (χ0) is 9.10. The van der Waals surface area contributed by atoms with Gasteiger partial charge in [-0.25, -0.2) is 4.79 Å². The molecule has 0 aromatic carbocycles. The van der Waals surface area contributed by atoms with Crippen LogP contribution in [0.5, 0.6) is 0 Å². The lowest BCUT2D eigenvalue weighted by Gasteiger charge is -2.31. The standard InChI is InChI=1S/C8H14N2O3/c11-8(13-7-5-9-6-7)10-1-3-12-4-2-10/h7,9H,1-6H2. The minimum atomic E-state index is -0.199. The first kappa shape index (κ1) is 8.77. The van der Waals surface area contributed by atoms with Gasteiger partial charge >= 0.3 is 6.09 Å². The summed E-state index contributed by atoms with van der Waals surface area (Å²) in [5.41, 5.74) is 0. The van der Waals surface area contributed by atoms with Crippen molar-refractivity contribution in [2.45, 2.75) is 6.10 Å². The van der Waals surface area contributed by atoms with Gasteiger partial charge in [0.1, 0.15) is 6.10 Å². The van der Waals surface area contributed by atoms with Crippen LogP contribution >= 0.6 is 0 Å². The van der Waals surface area contributed by atoms with Crippen LogP contribution in [0, 0.1) is 0 Å². The Bertz CT molecular complexity index is 188. The zero-order valence-electron chi connectivity index (χ0n) is 7.49. The minimum absolute atomic E-state index is 0.0790. The van der Waals surface area contributed by atoms with E-state index in [1.807, 2.05) is 0 Å². The Labute approximate surface area is 77.0 Å². The van der Waals surface area contributed by atoms with Crippen LogP contribution < -0.4 is 5.32 Å². The van der Waals surface area contributed by atoms with Crippen molar-refractivity contribution < 1.29 is 14.3 Å². The lowest BCUT2D eigenvalue weighted by molar-refractivity contribution is 0.00231. The number of amides is 1. The molecule has 2 heterocycles. The van der Waals surface area contributed by atoms with E-state index < -0.39 is 0 Å². The molecule has 0 saturated carbocycles. The van der Waals surface area contributed by atoms with Crippen LogP contribution in [0.2, 0.25) is 0 Å². The molecule has 5 heteroatoms. The fourth-order valence-electron chi connectivity index (χ4n) is 1.31. The number of rotatable bonds is 1. The lowest BCUT2D eigenvalue weighted by atomic mass is 10.2. The third kappa shape index (κ3) is 2.10. The van der Waals surface area contributed by atoms with Gasteiger partial charge in [0, 0.05) is 26.2 Å². The molecule has 0 spiro atoms. The summed E-state index contributed by atoms with van der Waals surface area (Å²) in [6.45, 7) is 4.13. The maximum absolute atomic E-state index is 11.4. The quantitative estimate of drug-likeness (QED) is 0.595. The van der Waals surface area contributed by atoms with E-state index in [2.05, 4.69) is 5.32 Å². The van der Waals surface area contributed by atoms with Crippen molar-refractivity contribution in [2.24, 2.45) is 0 Å². The van der Waals surface area contributed by atoms with Crippen LogP contribution in [-0.4, -0.2) is 56.5 Å². The molecular formula is C8H14N2O3. The van der Waals surface area contributed by atoms with E-state index in [4.69, 9.17) is 9.47 Å². The molecule has 2 rings (SSSR count). The van der Waals surface area contributed by atoms with Crippen LogP contribution in [0.4, 0.5) is 4.79 Å². The Balaban J connectivity index is 1.74. The van der Waals surface area contributed by atoms with Gasteiger partial charge in [0.05, 0.1) is 13.2 Å². The molecule has 0 radical (unpaired) electrons. The molecule has 74 valence electrons. The molecule has 0 aliphatic carbocycles. The molecule has 2 aliphatic rings. The third-order valence-corrected chi connectivity index (χ3v) is 2.28. The summed E-state index contributed by atoms with van der Waals surface area (Å²) in [6.07, 6.45) is -0.120. The van der Waals surface area contributed by atoms with Crippen LogP contribution in [0.3, 0.4) is 0 Å². The normalized spacial score (nSPS) is 23.8. The van der Waals surface area contributed by atoms with Gasteiger partial charge in [-0.15, -0.1) is 0 Å². The first-order valence-electron chi connectivity index (χ1n) is 4.60. The molecule has 2 fully saturated rings. The van der Waals surface area contributed by atoms with Crippen molar-refractivity contribution in [3.8, 4) is 0 Å². The summed E-state index contributed by atoms with van der Waals surface area (Å²) in [6, 6.07) is 0. The van der Waals surface area contributed by atoms with Crippen molar-refractivity contribution in [2.75, 3.05) is 39.4 Å². The Morgan fingerprint density at radius 1 is 1.38 bits per heavy atom. The van der Waals surface area contributed by atoms with E-state index in [0.717, 1.165) is 13.1 Å². The van der Waals surface area contributed by atoms with E-state index in [0.29, 0.717) is 26.3 Å². The Morgan fingerprint density at radius 3 is 2.62 bits per heavy atom. The maximum Gasteiger partial charge on any atom is 0.410 e. The summed E-state index contributed by atoms with van der Waals surface area (Å²) in [7, 11) is 0. The highest BCUT2D eigenvalue weighted by Crippen LogP contribution is 2.05. The van der Waals surface area contributed by atoms with Gasteiger partial charge < -0.3 is 19.7 Å². The average Bonchev–Trinajstić information content (AvgIpc) is 2.12. The Kier molecular flexibility index (Phi) is 2.65. The lowest BCUT2D eigenvalue weighted by Crippen LogP contribution is -2.52. The van der Waals surface area contributed by atoms with Crippen LogP contribution in [0.1, 0.15) is 0 Å². The smallest absolute Gasteiger partial charge is 0.410 e. The van der Waals surface area contributed by atoms with Gasteiger partial charge in [0.15, 0.2) is 0 Å². The Morgan fingerprint density at radius 2 is 2.08 bits per heavy atom. The first-order valence-corrected chi connectivity index (χ1v) is 4.60. The first-order chi connectivity index (χ1) is 6.36. The molecule has 0 atom stereocenters. The molecule has 2 aliphatic heterocycles. The number of hydrogen-bond acceptors (Lipinski definition) is 4. The zero-order valence-corrected chi connectivity index (χ0v) is 7.49. The van der Waals surface area contributed by atoms with E-state index in [9.17, 15) is 4.79 Å². The summed E-state index contributed by atoms with van der Waals surface area (Å²) in [4.78, 5) is 13.1. The highest BCUT2D eigenvalue weighted by atomic mass is 16.6. The molecule has 2 saturated heterocycles. The molecule has 13 heavy (non-hydrogen) atoms. The number of hydrogen-bond donors (Lipinski definition) is 1. The van der Waals surface area contributed by atoms with Crippen molar-refractivity contribution in [1.29, 1.82) is 0 Å². The SMILES string of the molecule is O=C(OC1CNC1)N1CCOCC1. The van der Waals surface area contributed by atoms with E-state index in [-0.39, 0.29) is 12.2 Å². The summed E-state index contributed by atoms with van der Waals surface area (Å²) in [5.74, 6) is 0. The average molecular weight is 186 g/mol.